The molecule has 0 spiro atoms. The van der Waals surface area contributed by atoms with Crippen molar-refractivity contribution >= 4 is 17.3 Å². The van der Waals surface area contributed by atoms with Gasteiger partial charge >= 0.3 is 0 Å². The van der Waals surface area contributed by atoms with E-state index in [9.17, 15) is 0 Å². The van der Waals surface area contributed by atoms with Gasteiger partial charge in [-0.2, -0.15) is 0 Å². The van der Waals surface area contributed by atoms with Gasteiger partial charge in [-0.25, -0.2) is 0 Å². The summed E-state index contributed by atoms with van der Waals surface area (Å²) in [6, 6.07) is 0. The number of aliphatic imine (C=N–C) groups is 1. The van der Waals surface area contributed by atoms with Crippen LogP contribution < -0.4 is 5.73 Å². The third-order valence-corrected chi connectivity index (χ3v) is 1.77. The standard InChI is InChI=1S/C6H8N2S/c1-5-3-9-4-8-2-6(5)7/h2-4H,7H2,1H3. The first kappa shape index (κ1) is 6.42. The van der Waals surface area contributed by atoms with Gasteiger partial charge in [0.05, 0.1) is 17.4 Å². The monoisotopic (exact) mass is 140 g/mol. The van der Waals surface area contributed by atoms with Gasteiger partial charge in [-0.05, 0) is 17.9 Å². The molecule has 1 heterocycles. The maximum atomic E-state index is 5.54. The fraction of sp³-hybridized carbons (Fsp3) is 0.167. The second-order valence-electron chi connectivity index (χ2n) is 1.78. The zero-order valence-electron chi connectivity index (χ0n) is 5.16. The molecule has 0 amide bonds. The van der Waals surface area contributed by atoms with E-state index in [1.54, 1.807) is 23.5 Å². The van der Waals surface area contributed by atoms with Crippen LogP contribution in [0.4, 0.5) is 0 Å². The molecule has 48 valence electrons. The topological polar surface area (TPSA) is 38.4 Å². The van der Waals surface area contributed by atoms with Gasteiger partial charge in [0, 0.05) is 0 Å². The SMILES string of the molecule is CC1=CSC=NC=C1N. The van der Waals surface area contributed by atoms with Crippen LogP contribution in [-0.4, -0.2) is 5.55 Å². The molecule has 0 saturated heterocycles. The minimum atomic E-state index is 0.747. The minimum Gasteiger partial charge on any atom is -0.397 e. The molecule has 0 saturated carbocycles. The highest BCUT2D eigenvalue weighted by Gasteiger charge is 1.93. The van der Waals surface area contributed by atoms with E-state index in [-0.39, 0.29) is 0 Å². The maximum absolute atomic E-state index is 5.54. The Morgan fingerprint density at radius 2 is 2.44 bits per heavy atom. The molecule has 0 radical (unpaired) electrons. The zero-order chi connectivity index (χ0) is 6.69. The van der Waals surface area contributed by atoms with Gasteiger partial charge in [0.25, 0.3) is 0 Å². The van der Waals surface area contributed by atoms with Crippen molar-refractivity contribution in [1.82, 2.24) is 0 Å². The van der Waals surface area contributed by atoms with Gasteiger partial charge in [0.1, 0.15) is 0 Å². The predicted molar refractivity (Wildman–Crippen MR) is 42.1 cm³/mol. The molecule has 9 heavy (non-hydrogen) atoms. The lowest BCUT2D eigenvalue weighted by molar-refractivity contribution is 1.27. The molecule has 0 bridgehead atoms. The first-order chi connectivity index (χ1) is 4.30. The van der Waals surface area contributed by atoms with Gasteiger partial charge < -0.3 is 5.73 Å². The highest BCUT2D eigenvalue weighted by atomic mass is 32.2. The number of rotatable bonds is 0. The molecule has 0 aromatic rings. The van der Waals surface area contributed by atoms with Crippen molar-refractivity contribution in [3.05, 3.63) is 22.9 Å². The Bertz CT molecular complexity index is 191. The molecule has 0 aromatic carbocycles. The van der Waals surface area contributed by atoms with Crippen LogP contribution >= 0.6 is 11.8 Å². The van der Waals surface area contributed by atoms with Gasteiger partial charge in [-0.1, -0.05) is 11.8 Å². The predicted octanol–water partition coefficient (Wildman–Crippen LogP) is 1.47. The summed E-state index contributed by atoms with van der Waals surface area (Å²) in [7, 11) is 0. The fourth-order valence-corrected chi connectivity index (χ4v) is 0.980. The number of thioether (sulfide) groups is 1. The summed E-state index contributed by atoms with van der Waals surface area (Å²) in [6.45, 7) is 1.97. The van der Waals surface area contributed by atoms with Crippen molar-refractivity contribution in [3.8, 4) is 0 Å². The number of allylic oxidation sites excluding steroid dienone is 1. The highest BCUT2D eigenvalue weighted by molar-refractivity contribution is 8.14. The van der Waals surface area contributed by atoms with Crippen LogP contribution in [0.3, 0.4) is 0 Å². The summed E-state index contributed by atoms with van der Waals surface area (Å²) in [5.74, 6) is 0. The van der Waals surface area contributed by atoms with E-state index in [0.29, 0.717) is 0 Å². The van der Waals surface area contributed by atoms with Crippen LogP contribution in [0.25, 0.3) is 0 Å². The number of nitrogens with two attached hydrogens (primary N) is 1. The second-order valence-corrected chi connectivity index (χ2v) is 2.49. The first-order valence-electron chi connectivity index (χ1n) is 2.60. The van der Waals surface area contributed by atoms with E-state index in [0.717, 1.165) is 11.3 Å². The Morgan fingerprint density at radius 3 is 3.22 bits per heavy atom. The molecule has 3 heteroatoms. The molecular formula is C6H8N2S. The second kappa shape index (κ2) is 2.73. The third kappa shape index (κ3) is 1.61. The van der Waals surface area contributed by atoms with E-state index >= 15 is 0 Å². The van der Waals surface area contributed by atoms with E-state index in [1.807, 2.05) is 12.3 Å². The molecule has 2 nitrogen and oxygen atoms in total. The van der Waals surface area contributed by atoms with Crippen LogP contribution in [-0.2, 0) is 0 Å². The third-order valence-electron chi connectivity index (χ3n) is 1.04. The summed E-state index contributed by atoms with van der Waals surface area (Å²) in [5, 5.41) is 1.97. The van der Waals surface area contributed by atoms with Crippen molar-refractivity contribution in [2.75, 3.05) is 0 Å². The van der Waals surface area contributed by atoms with Gasteiger partial charge in [-0.15, -0.1) is 0 Å². The first-order valence-corrected chi connectivity index (χ1v) is 3.55. The Labute approximate surface area is 58.5 Å². The highest BCUT2D eigenvalue weighted by Crippen LogP contribution is 2.12. The smallest absolute Gasteiger partial charge is 0.0639 e. The molecule has 1 aliphatic heterocycles. The van der Waals surface area contributed by atoms with E-state index in [4.69, 9.17) is 5.73 Å². The Hall–Kier alpha value is -0.700. The molecular weight excluding hydrogens is 132 g/mol. The minimum absolute atomic E-state index is 0.747. The molecule has 0 fully saturated rings. The van der Waals surface area contributed by atoms with E-state index < -0.39 is 0 Å². The Morgan fingerprint density at radius 1 is 1.67 bits per heavy atom. The molecule has 0 aromatic heterocycles. The van der Waals surface area contributed by atoms with E-state index in [2.05, 4.69) is 4.99 Å². The summed E-state index contributed by atoms with van der Waals surface area (Å²) in [4.78, 5) is 3.90. The molecule has 1 aliphatic rings. The molecule has 0 aliphatic carbocycles. The lowest BCUT2D eigenvalue weighted by atomic mass is 10.3. The van der Waals surface area contributed by atoms with Crippen molar-refractivity contribution in [2.24, 2.45) is 10.7 Å². The van der Waals surface area contributed by atoms with Crippen molar-refractivity contribution in [1.29, 1.82) is 0 Å². The summed E-state index contributed by atoms with van der Waals surface area (Å²) >= 11 is 1.54. The van der Waals surface area contributed by atoms with Crippen LogP contribution in [0.15, 0.2) is 27.9 Å². The number of hydrogen-bond acceptors (Lipinski definition) is 3. The van der Waals surface area contributed by atoms with Crippen LogP contribution in [0.5, 0.6) is 0 Å². The molecule has 1 rings (SSSR count). The van der Waals surface area contributed by atoms with Gasteiger partial charge in [-0.3, -0.25) is 4.99 Å². The number of hydrogen-bond donors (Lipinski definition) is 1. The summed E-state index contributed by atoms with van der Waals surface area (Å²) < 4.78 is 0. The Balaban J connectivity index is 2.85. The van der Waals surface area contributed by atoms with Gasteiger partial charge in [0.2, 0.25) is 0 Å². The average Bonchev–Trinajstić information content (AvgIpc) is 1.99. The van der Waals surface area contributed by atoms with Crippen LogP contribution in [0.1, 0.15) is 6.92 Å². The van der Waals surface area contributed by atoms with Crippen molar-refractivity contribution < 1.29 is 0 Å². The van der Waals surface area contributed by atoms with E-state index in [1.165, 1.54) is 0 Å². The summed E-state index contributed by atoms with van der Waals surface area (Å²) in [5.41, 5.74) is 9.12. The Kier molecular flexibility index (Phi) is 1.95. The normalized spacial score (nSPS) is 18.3. The molecule has 2 N–H and O–H groups in total. The largest absolute Gasteiger partial charge is 0.397 e. The number of nitrogens with zero attached hydrogens (tertiary/aromatic N) is 1. The lowest BCUT2D eigenvalue weighted by Crippen LogP contribution is -1.96. The molecule has 0 atom stereocenters. The van der Waals surface area contributed by atoms with Crippen molar-refractivity contribution in [2.45, 2.75) is 6.92 Å². The average molecular weight is 140 g/mol. The maximum Gasteiger partial charge on any atom is 0.0639 e. The summed E-state index contributed by atoms with van der Waals surface area (Å²) in [6.07, 6.45) is 1.66. The quantitative estimate of drug-likeness (QED) is 0.553. The van der Waals surface area contributed by atoms with Crippen molar-refractivity contribution in [3.63, 3.8) is 0 Å². The van der Waals surface area contributed by atoms with Crippen LogP contribution in [0.2, 0.25) is 0 Å². The zero-order valence-corrected chi connectivity index (χ0v) is 5.98. The van der Waals surface area contributed by atoms with Gasteiger partial charge in [0.15, 0.2) is 0 Å². The fourth-order valence-electron chi connectivity index (χ4n) is 0.448. The van der Waals surface area contributed by atoms with Crippen LogP contribution in [0, 0.1) is 0 Å². The molecule has 0 unspecified atom stereocenters. The lowest BCUT2D eigenvalue weighted by Gasteiger charge is -1.93.